The molecule has 0 unspecified atom stereocenters. The van der Waals surface area contributed by atoms with Crippen LogP contribution in [0.4, 0.5) is 4.79 Å². The molecule has 0 spiro atoms. The third-order valence-corrected chi connectivity index (χ3v) is 1.98. The van der Waals surface area contributed by atoms with Crippen LogP contribution in [0, 0.1) is 5.92 Å². The standard InChI is InChI=1S/C13H25NO2/c1-7-8-9-11(10(2)3)14-12(15)16-13(4,5)6/h8-11H,7H2,1-6H3,(H,14,15)/b9-8-/t11-/m1/s1. The van der Waals surface area contributed by atoms with Gasteiger partial charge in [-0.05, 0) is 33.1 Å². The van der Waals surface area contributed by atoms with E-state index in [0.717, 1.165) is 6.42 Å². The van der Waals surface area contributed by atoms with Crippen LogP contribution in [0.3, 0.4) is 0 Å². The molecule has 0 saturated heterocycles. The quantitative estimate of drug-likeness (QED) is 0.746. The maximum Gasteiger partial charge on any atom is 0.408 e. The Labute approximate surface area is 99.3 Å². The van der Waals surface area contributed by atoms with Crippen LogP contribution < -0.4 is 5.32 Å². The summed E-state index contributed by atoms with van der Waals surface area (Å²) in [6.45, 7) is 11.8. The van der Waals surface area contributed by atoms with Gasteiger partial charge in [0.1, 0.15) is 5.60 Å². The first-order chi connectivity index (χ1) is 7.26. The first-order valence-electron chi connectivity index (χ1n) is 5.92. The fraction of sp³-hybridized carbons (Fsp3) is 0.769. The predicted octanol–water partition coefficient (Wildman–Crippen LogP) is 3.50. The van der Waals surface area contributed by atoms with E-state index in [1.54, 1.807) is 0 Å². The van der Waals surface area contributed by atoms with Gasteiger partial charge < -0.3 is 10.1 Å². The summed E-state index contributed by atoms with van der Waals surface area (Å²) in [5.74, 6) is 0.357. The molecule has 0 aliphatic rings. The summed E-state index contributed by atoms with van der Waals surface area (Å²) in [5.41, 5.74) is -0.444. The molecule has 0 saturated carbocycles. The van der Waals surface area contributed by atoms with E-state index in [9.17, 15) is 4.79 Å². The number of hydrogen-bond acceptors (Lipinski definition) is 2. The smallest absolute Gasteiger partial charge is 0.408 e. The van der Waals surface area contributed by atoms with Crippen LogP contribution in [0.2, 0.25) is 0 Å². The van der Waals surface area contributed by atoms with Crippen LogP contribution >= 0.6 is 0 Å². The fourth-order valence-electron chi connectivity index (χ4n) is 1.16. The maximum absolute atomic E-state index is 11.6. The third-order valence-electron chi connectivity index (χ3n) is 1.98. The number of allylic oxidation sites excluding steroid dienone is 1. The summed E-state index contributed by atoms with van der Waals surface area (Å²) in [6, 6.07) is 0.0369. The Morgan fingerprint density at radius 1 is 1.38 bits per heavy atom. The van der Waals surface area contributed by atoms with Crippen LogP contribution in [0.5, 0.6) is 0 Å². The topological polar surface area (TPSA) is 38.3 Å². The number of hydrogen-bond donors (Lipinski definition) is 1. The number of carbonyl (C=O) groups is 1. The van der Waals surface area contributed by atoms with E-state index < -0.39 is 5.60 Å². The number of carbonyl (C=O) groups excluding carboxylic acids is 1. The normalized spacial score (nSPS) is 14.2. The lowest BCUT2D eigenvalue weighted by atomic mass is 10.0. The van der Waals surface area contributed by atoms with Crippen molar-refractivity contribution in [2.45, 2.75) is 59.6 Å². The molecule has 3 heteroatoms. The van der Waals surface area contributed by atoms with Gasteiger partial charge in [-0.2, -0.15) is 0 Å². The molecule has 0 aliphatic carbocycles. The second kappa shape index (κ2) is 6.56. The largest absolute Gasteiger partial charge is 0.444 e. The van der Waals surface area contributed by atoms with Gasteiger partial charge >= 0.3 is 6.09 Å². The highest BCUT2D eigenvalue weighted by Gasteiger charge is 2.19. The van der Waals surface area contributed by atoms with Crippen LogP contribution in [0.1, 0.15) is 48.0 Å². The number of amides is 1. The van der Waals surface area contributed by atoms with Gasteiger partial charge in [-0.1, -0.05) is 32.9 Å². The van der Waals surface area contributed by atoms with Crippen molar-refractivity contribution in [2.75, 3.05) is 0 Å². The molecule has 1 atom stereocenters. The molecule has 0 rings (SSSR count). The van der Waals surface area contributed by atoms with Crippen LogP contribution in [-0.2, 0) is 4.74 Å². The Morgan fingerprint density at radius 2 is 1.94 bits per heavy atom. The summed E-state index contributed by atoms with van der Waals surface area (Å²) >= 11 is 0. The minimum absolute atomic E-state index is 0.0369. The molecular formula is C13H25NO2. The van der Waals surface area contributed by atoms with Crippen LogP contribution in [-0.4, -0.2) is 17.7 Å². The Balaban J connectivity index is 4.30. The molecule has 0 radical (unpaired) electrons. The van der Waals surface area contributed by atoms with Crippen LogP contribution in [0.25, 0.3) is 0 Å². The van der Waals surface area contributed by atoms with Crippen molar-refractivity contribution >= 4 is 6.09 Å². The van der Waals surface area contributed by atoms with E-state index in [-0.39, 0.29) is 12.1 Å². The van der Waals surface area contributed by atoms with Crippen molar-refractivity contribution in [3.63, 3.8) is 0 Å². The van der Waals surface area contributed by atoms with Gasteiger partial charge in [-0.15, -0.1) is 0 Å². The molecule has 0 fully saturated rings. The Kier molecular flexibility index (Phi) is 6.16. The number of alkyl carbamates (subject to hydrolysis) is 1. The molecule has 1 N–H and O–H groups in total. The van der Waals surface area contributed by atoms with E-state index in [4.69, 9.17) is 4.74 Å². The Bertz CT molecular complexity index is 239. The molecule has 16 heavy (non-hydrogen) atoms. The minimum atomic E-state index is -0.444. The summed E-state index contributed by atoms with van der Waals surface area (Å²) in [6.07, 6.45) is 4.70. The van der Waals surface area contributed by atoms with Gasteiger partial charge in [0.2, 0.25) is 0 Å². The van der Waals surface area contributed by atoms with E-state index in [2.05, 4.69) is 32.2 Å². The van der Waals surface area contributed by atoms with Gasteiger partial charge in [0.05, 0.1) is 6.04 Å². The Morgan fingerprint density at radius 3 is 2.31 bits per heavy atom. The molecule has 0 aromatic carbocycles. The molecule has 0 aromatic heterocycles. The van der Waals surface area contributed by atoms with Crippen molar-refractivity contribution in [1.29, 1.82) is 0 Å². The zero-order chi connectivity index (χ0) is 12.8. The number of ether oxygens (including phenoxy) is 1. The van der Waals surface area contributed by atoms with E-state index in [0.29, 0.717) is 5.92 Å². The van der Waals surface area contributed by atoms with Gasteiger partial charge in [0, 0.05) is 0 Å². The second-order valence-electron chi connectivity index (χ2n) is 5.25. The second-order valence-corrected chi connectivity index (χ2v) is 5.25. The van der Waals surface area contributed by atoms with Crippen molar-refractivity contribution in [3.05, 3.63) is 12.2 Å². The minimum Gasteiger partial charge on any atom is -0.444 e. The van der Waals surface area contributed by atoms with Crippen molar-refractivity contribution in [1.82, 2.24) is 5.32 Å². The average molecular weight is 227 g/mol. The lowest BCUT2D eigenvalue weighted by Crippen LogP contribution is -2.40. The predicted molar refractivity (Wildman–Crippen MR) is 67.4 cm³/mol. The molecule has 0 heterocycles. The van der Waals surface area contributed by atoms with Crippen molar-refractivity contribution in [2.24, 2.45) is 5.92 Å². The highest BCUT2D eigenvalue weighted by Crippen LogP contribution is 2.09. The van der Waals surface area contributed by atoms with Gasteiger partial charge in [-0.3, -0.25) is 0 Å². The zero-order valence-electron chi connectivity index (χ0n) is 11.3. The summed E-state index contributed by atoms with van der Waals surface area (Å²) < 4.78 is 5.21. The monoisotopic (exact) mass is 227 g/mol. The van der Waals surface area contributed by atoms with E-state index in [1.165, 1.54) is 0 Å². The molecule has 0 bridgehead atoms. The molecule has 0 aromatic rings. The van der Waals surface area contributed by atoms with Gasteiger partial charge in [0.25, 0.3) is 0 Å². The van der Waals surface area contributed by atoms with Crippen LogP contribution in [0.15, 0.2) is 12.2 Å². The van der Waals surface area contributed by atoms with Gasteiger partial charge in [-0.25, -0.2) is 4.79 Å². The zero-order valence-corrected chi connectivity index (χ0v) is 11.3. The molecule has 3 nitrogen and oxygen atoms in total. The molecule has 0 aliphatic heterocycles. The highest BCUT2D eigenvalue weighted by atomic mass is 16.6. The maximum atomic E-state index is 11.6. The first-order valence-corrected chi connectivity index (χ1v) is 5.92. The summed E-state index contributed by atoms with van der Waals surface area (Å²) in [7, 11) is 0. The SMILES string of the molecule is CC/C=C\[C@@H](NC(=O)OC(C)(C)C)C(C)C. The van der Waals surface area contributed by atoms with E-state index >= 15 is 0 Å². The molecule has 94 valence electrons. The lowest BCUT2D eigenvalue weighted by Gasteiger charge is -2.24. The highest BCUT2D eigenvalue weighted by molar-refractivity contribution is 5.68. The average Bonchev–Trinajstić information content (AvgIpc) is 2.08. The molecular weight excluding hydrogens is 202 g/mol. The lowest BCUT2D eigenvalue weighted by molar-refractivity contribution is 0.0504. The van der Waals surface area contributed by atoms with Crippen molar-refractivity contribution < 1.29 is 9.53 Å². The molecule has 1 amide bonds. The summed E-state index contributed by atoms with van der Waals surface area (Å²) in [5, 5.41) is 2.86. The third kappa shape index (κ3) is 7.32. The van der Waals surface area contributed by atoms with Crippen molar-refractivity contribution in [3.8, 4) is 0 Å². The van der Waals surface area contributed by atoms with E-state index in [1.807, 2.05) is 26.8 Å². The van der Waals surface area contributed by atoms with Gasteiger partial charge in [0.15, 0.2) is 0 Å². The fourth-order valence-corrected chi connectivity index (χ4v) is 1.16. The number of nitrogens with one attached hydrogen (secondary N) is 1. The number of rotatable bonds is 4. The Hall–Kier alpha value is -0.990. The summed E-state index contributed by atoms with van der Waals surface area (Å²) in [4.78, 5) is 11.6. The first kappa shape index (κ1) is 15.0.